The van der Waals surface area contributed by atoms with E-state index in [1.54, 1.807) is 24.3 Å². The Kier molecular flexibility index (Phi) is 2.02. The van der Waals surface area contributed by atoms with E-state index < -0.39 is 0 Å². The summed E-state index contributed by atoms with van der Waals surface area (Å²) in [6.45, 7) is 1.89. The molecule has 0 atom stereocenters. The molecule has 0 aliphatic carbocycles. The van der Waals surface area contributed by atoms with Gasteiger partial charge in [-0.3, -0.25) is 14.2 Å². The first-order valence-corrected chi connectivity index (χ1v) is 6.35. The first kappa shape index (κ1) is 11.1. The quantitative estimate of drug-likeness (QED) is 0.488. The van der Waals surface area contributed by atoms with Crippen LogP contribution < -0.4 is 5.56 Å². The lowest BCUT2D eigenvalue weighted by molar-refractivity contribution is 0.103. The Hall–Kier alpha value is -2.75. The van der Waals surface area contributed by atoms with Crippen LogP contribution in [0, 0.1) is 6.92 Å². The Bertz CT molecular complexity index is 954. The van der Waals surface area contributed by atoms with Crippen molar-refractivity contribution in [2.24, 2.45) is 0 Å². The molecule has 3 aromatic rings. The Morgan fingerprint density at radius 2 is 1.80 bits per heavy atom. The Morgan fingerprint density at radius 1 is 1.00 bits per heavy atom. The number of carbonyl (C=O) groups is 1. The summed E-state index contributed by atoms with van der Waals surface area (Å²) in [5, 5.41) is 0.540. The van der Waals surface area contributed by atoms with Gasteiger partial charge in [-0.25, -0.2) is 4.98 Å². The highest BCUT2D eigenvalue weighted by molar-refractivity contribution is 6.13. The third-order valence-electron chi connectivity index (χ3n) is 3.69. The Morgan fingerprint density at radius 3 is 2.65 bits per heavy atom. The van der Waals surface area contributed by atoms with Gasteiger partial charge in [-0.2, -0.15) is 0 Å². The molecule has 96 valence electrons. The first-order valence-electron chi connectivity index (χ1n) is 6.35. The van der Waals surface area contributed by atoms with Gasteiger partial charge < -0.3 is 0 Å². The van der Waals surface area contributed by atoms with Crippen LogP contribution in [0.5, 0.6) is 0 Å². The van der Waals surface area contributed by atoms with E-state index in [0.717, 1.165) is 5.56 Å². The SMILES string of the molecule is Cc1cccc2c(=O)n3c(nc12)C(=O)c1ccccc1-3. The number of hydrogen-bond acceptors (Lipinski definition) is 3. The summed E-state index contributed by atoms with van der Waals surface area (Å²) in [5.74, 6) is 0.0147. The van der Waals surface area contributed by atoms with Crippen LogP contribution in [0.25, 0.3) is 16.6 Å². The third-order valence-corrected chi connectivity index (χ3v) is 3.69. The van der Waals surface area contributed by atoms with E-state index in [-0.39, 0.29) is 17.2 Å². The molecule has 0 unspecified atom stereocenters. The number of ketones is 1. The van der Waals surface area contributed by atoms with Crippen molar-refractivity contribution in [2.45, 2.75) is 6.92 Å². The molecule has 0 amide bonds. The molecule has 0 saturated heterocycles. The van der Waals surface area contributed by atoms with E-state index in [0.29, 0.717) is 22.2 Å². The van der Waals surface area contributed by atoms with Crippen molar-refractivity contribution < 1.29 is 4.79 Å². The lowest BCUT2D eigenvalue weighted by Crippen LogP contribution is -2.21. The maximum atomic E-state index is 12.7. The third kappa shape index (κ3) is 1.23. The molecule has 0 N–H and O–H groups in total. The van der Waals surface area contributed by atoms with Crippen LogP contribution in [0.2, 0.25) is 0 Å². The predicted octanol–water partition coefficient (Wildman–Crippen LogP) is 2.24. The number of aromatic nitrogens is 2. The summed E-state index contributed by atoms with van der Waals surface area (Å²) in [6, 6.07) is 12.6. The van der Waals surface area contributed by atoms with Crippen LogP contribution in [0.3, 0.4) is 0 Å². The van der Waals surface area contributed by atoms with E-state index >= 15 is 0 Å². The highest BCUT2D eigenvalue weighted by Gasteiger charge is 2.29. The topological polar surface area (TPSA) is 52.0 Å². The molecule has 4 rings (SSSR count). The summed E-state index contributed by atoms with van der Waals surface area (Å²) >= 11 is 0. The summed E-state index contributed by atoms with van der Waals surface area (Å²) in [7, 11) is 0. The van der Waals surface area contributed by atoms with E-state index in [4.69, 9.17) is 0 Å². The molecular weight excluding hydrogens is 252 g/mol. The molecule has 1 aliphatic rings. The molecule has 0 radical (unpaired) electrons. The van der Waals surface area contributed by atoms with Crippen molar-refractivity contribution >= 4 is 16.7 Å². The number of rotatable bonds is 0. The number of para-hydroxylation sites is 2. The van der Waals surface area contributed by atoms with Crippen LogP contribution in [0.1, 0.15) is 21.7 Å². The number of benzene rings is 2. The standard InChI is InChI=1S/C16H10N2O2/c1-9-5-4-7-11-13(9)17-15-14(19)10-6-2-3-8-12(10)18(15)16(11)20/h2-8H,1H3. The van der Waals surface area contributed by atoms with Gasteiger partial charge in [0.15, 0.2) is 5.82 Å². The molecule has 2 heterocycles. The van der Waals surface area contributed by atoms with Gasteiger partial charge in [0.05, 0.1) is 22.2 Å². The average Bonchev–Trinajstić information content (AvgIpc) is 2.75. The fraction of sp³-hybridized carbons (Fsp3) is 0.0625. The predicted molar refractivity (Wildman–Crippen MR) is 75.5 cm³/mol. The van der Waals surface area contributed by atoms with Crippen molar-refractivity contribution in [1.29, 1.82) is 0 Å². The molecule has 0 saturated carbocycles. The number of nitrogens with zero attached hydrogens (tertiary/aromatic N) is 2. The van der Waals surface area contributed by atoms with E-state index in [2.05, 4.69) is 4.98 Å². The molecule has 4 nitrogen and oxygen atoms in total. The molecule has 0 bridgehead atoms. The minimum absolute atomic E-state index is 0.188. The van der Waals surface area contributed by atoms with Crippen LogP contribution in [0.15, 0.2) is 47.3 Å². The summed E-state index contributed by atoms with van der Waals surface area (Å²) in [4.78, 5) is 29.4. The molecule has 0 spiro atoms. The van der Waals surface area contributed by atoms with Crippen LogP contribution >= 0.6 is 0 Å². The zero-order valence-corrected chi connectivity index (χ0v) is 10.8. The smallest absolute Gasteiger partial charge is 0.266 e. The molecular formula is C16H10N2O2. The van der Waals surface area contributed by atoms with Gasteiger partial charge >= 0.3 is 0 Å². The van der Waals surface area contributed by atoms with Crippen LogP contribution in [-0.4, -0.2) is 15.3 Å². The first-order chi connectivity index (χ1) is 9.68. The minimum Gasteiger partial charge on any atom is -0.285 e. The van der Waals surface area contributed by atoms with Gasteiger partial charge in [0.1, 0.15) is 0 Å². The van der Waals surface area contributed by atoms with Gasteiger partial charge in [-0.1, -0.05) is 24.3 Å². The average molecular weight is 262 g/mol. The van der Waals surface area contributed by atoms with E-state index in [1.807, 2.05) is 25.1 Å². The van der Waals surface area contributed by atoms with E-state index in [1.165, 1.54) is 4.57 Å². The van der Waals surface area contributed by atoms with Crippen molar-refractivity contribution in [2.75, 3.05) is 0 Å². The summed E-state index contributed by atoms with van der Waals surface area (Å²) in [5.41, 5.74) is 2.46. The van der Waals surface area contributed by atoms with Crippen molar-refractivity contribution in [3.05, 3.63) is 69.8 Å². The molecule has 4 heteroatoms. The van der Waals surface area contributed by atoms with Gasteiger partial charge in [0.2, 0.25) is 5.78 Å². The second-order valence-electron chi connectivity index (χ2n) is 4.89. The van der Waals surface area contributed by atoms with Gasteiger partial charge in [-0.15, -0.1) is 0 Å². The summed E-state index contributed by atoms with van der Waals surface area (Å²) in [6.07, 6.45) is 0. The Labute approximate surface area is 114 Å². The van der Waals surface area contributed by atoms with Crippen molar-refractivity contribution in [3.63, 3.8) is 0 Å². The zero-order chi connectivity index (χ0) is 13.9. The van der Waals surface area contributed by atoms with Gasteiger partial charge in [-0.05, 0) is 30.7 Å². The number of carbonyl (C=O) groups excluding carboxylic acids is 1. The number of hydrogen-bond donors (Lipinski definition) is 0. The number of aryl methyl sites for hydroxylation is 1. The van der Waals surface area contributed by atoms with Crippen molar-refractivity contribution in [3.8, 4) is 5.69 Å². The normalized spacial score (nSPS) is 12.6. The highest BCUT2D eigenvalue weighted by Crippen LogP contribution is 2.26. The second-order valence-corrected chi connectivity index (χ2v) is 4.89. The molecule has 2 aromatic carbocycles. The van der Waals surface area contributed by atoms with Crippen LogP contribution in [0.4, 0.5) is 0 Å². The largest absolute Gasteiger partial charge is 0.285 e. The molecule has 1 aromatic heterocycles. The second kappa shape index (κ2) is 3.63. The maximum Gasteiger partial charge on any atom is 0.266 e. The summed E-state index contributed by atoms with van der Waals surface area (Å²) < 4.78 is 1.42. The number of fused-ring (bicyclic) bond motifs is 4. The lowest BCUT2D eigenvalue weighted by atomic mass is 10.1. The van der Waals surface area contributed by atoms with Crippen molar-refractivity contribution in [1.82, 2.24) is 9.55 Å². The molecule has 20 heavy (non-hydrogen) atoms. The Balaban J connectivity index is 2.24. The fourth-order valence-electron chi connectivity index (χ4n) is 2.71. The highest BCUT2D eigenvalue weighted by atomic mass is 16.1. The zero-order valence-electron chi connectivity index (χ0n) is 10.8. The molecule has 1 aliphatic heterocycles. The minimum atomic E-state index is -0.192. The van der Waals surface area contributed by atoms with Gasteiger partial charge in [0, 0.05) is 0 Å². The van der Waals surface area contributed by atoms with Crippen LogP contribution in [-0.2, 0) is 0 Å². The maximum absolute atomic E-state index is 12.7. The van der Waals surface area contributed by atoms with Gasteiger partial charge in [0.25, 0.3) is 5.56 Å². The monoisotopic (exact) mass is 262 g/mol. The fourth-order valence-corrected chi connectivity index (χ4v) is 2.71. The lowest BCUT2D eigenvalue weighted by Gasteiger charge is -2.06. The van der Waals surface area contributed by atoms with E-state index in [9.17, 15) is 9.59 Å². The molecule has 0 fully saturated rings.